The predicted octanol–water partition coefficient (Wildman–Crippen LogP) is 3.83. The molecule has 0 heterocycles. The lowest BCUT2D eigenvalue weighted by molar-refractivity contribution is -0.139. The van der Waals surface area contributed by atoms with Gasteiger partial charge in [-0.15, -0.1) is 0 Å². The number of benzene rings is 1. The van der Waals surface area contributed by atoms with E-state index in [1.165, 1.54) is 0 Å². The van der Waals surface area contributed by atoms with Gasteiger partial charge in [-0.25, -0.2) is 0 Å². The number of rotatable bonds is 2. The second-order valence-electron chi connectivity index (χ2n) is 3.77. The number of aliphatic carboxylic acids is 1. The first-order chi connectivity index (χ1) is 8.03. The fourth-order valence-corrected chi connectivity index (χ4v) is 3.23. The van der Waals surface area contributed by atoms with E-state index >= 15 is 0 Å². The molecule has 0 fully saturated rings. The van der Waals surface area contributed by atoms with E-state index in [0.29, 0.717) is 0 Å². The minimum Gasteiger partial charge on any atom is -0.481 e. The van der Waals surface area contributed by atoms with Crippen molar-refractivity contribution in [1.29, 1.82) is 0 Å². The molecule has 0 aromatic heterocycles. The van der Waals surface area contributed by atoms with Crippen molar-refractivity contribution in [1.82, 2.24) is 0 Å². The van der Waals surface area contributed by atoms with Gasteiger partial charge in [0.25, 0.3) is 0 Å². The minimum absolute atomic E-state index is 0.636. The molecule has 1 aromatic carbocycles. The second kappa shape index (κ2) is 4.78. The maximum atomic E-state index is 11.2. The van der Waals surface area contributed by atoms with Crippen LogP contribution in [0.25, 0.3) is 5.57 Å². The zero-order chi connectivity index (χ0) is 12.5. The number of carbonyl (C=O) groups is 1. The van der Waals surface area contributed by atoms with Gasteiger partial charge in [-0.1, -0.05) is 80.4 Å². The quantitative estimate of drug-likeness (QED) is 0.817. The number of carboxylic acid groups (broad SMARTS) is 1. The third-order valence-electron chi connectivity index (χ3n) is 2.67. The Hall–Kier alpha value is -0.870. The SMILES string of the molecule is O=C(O)C1C=CC=C(c2ccccc2)C1(Br)Br. The molecule has 0 radical (unpaired) electrons. The molecule has 1 atom stereocenters. The Bertz CT molecular complexity index is 489. The smallest absolute Gasteiger partial charge is 0.313 e. The van der Waals surface area contributed by atoms with E-state index < -0.39 is 15.1 Å². The van der Waals surface area contributed by atoms with Gasteiger partial charge in [-0.05, 0) is 11.1 Å². The summed E-state index contributed by atoms with van der Waals surface area (Å²) in [5.74, 6) is -1.50. The van der Waals surface area contributed by atoms with Crippen molar-refractivity contribution in [2.45, 2.75) is 3.23 Å². The first kappa shape index (κ1) is 12.6. The molecule has 0 aliphatic heterocycles. The molecule has 1 aromatic rings. The third-order valence-corrected chi connectivity index (χ3v) is 4.51. The summed E-state index contributed by atoms with van der Waals surface area (Å²) < 4.78 is -0.762. The van der Waals surface area contributed by atoms with Crippen LogP contribution in [0.15, 0.2) is 48.6 Å². The molecule has 2 rings (SSSR count). The van der Waals surface area contributed by atoms with E-state index in [9.17, 15) is 9.90 Å². The lowest BCUT2D eigenvalue weighted by Gasteiger charge is -2.31. The maximum Gasteiger partial charge on any atom is 0.313 e. The zero-order valence-electron chi connectivity index (χ0n) is 8.81. The number of carboxylic acids is 1. The van der Waals surface area contributed by atoms with Gasteiger partial charge in [0.05, 0.1) is 0 Å². The van der Waals surface area contributed by atoms with Crippen molar-refractivity contribution in [3.8, 4) is 0 Å². The van der Waals surface area contributed by atoms with E-state index in [4.69, 9.17) is 0 Å². The summed E-state index contributed by atoms with van der Waals surface area (Å²) in [6.07, 6.45) is 5.36. The summed E-state index contributed by atoms with van der Waals surface area (Å²) in [4.78, 5) is 11.2. The molecule has 4 heteroatoms. The average molecular weight is 358 g/mol. The largest absolute Gasteiger partial charge is 0.481 e. The van der Waals surface area contributed by atoms with Gasteiger partial charge in [0.2, 0.25) is 0 Å². The van der Waals surface area contributed by atoms with Crippen molar-refractivity contribution >= 4 is 43.4 Å². The summed E-state index contributed by atoms with van der Waals surface area (Å²) in [6, 6.07) is 9.71. The standard InChI is InChI=1S/C13H10Br2O2/c14-13(15)10(9-5-2-1-3-6-9)7-4-8-11(13)12(16)17/h1-8,11H,(H,16,17). The highest BCUT2D eigenvalue weighted by molar-refractivity contribution is 9.25. The maximum absolute atomic E-state index is 11.2. The van der Waals surface area contributed by atoms with Crippen LogP contribution < -0.4 is 0 Å². The molecule has 0 bridgehead atoms. The van der Waals surface area contributed by atoms with E-state index in [1.807, 2.05) is 36.4 Å². The highest BCUT2D eigenvalue weighted by Gasteiger charge is 2.42. The summed E-state index contributed by atoms with van der Waals surface area (Å²) in [6.45, 7) is 0. The van der Waals surface area contributed by atoms with E-state index in [-0.39, 0.29) is 0 Å². The van der Waals surface area contributed by atoms with Crippen molar-refractivity contribution < 1.29 is 9.90 Å². The van der Waals surface area contributed by atoms with Crippen LogP contribution in [0.4, 0.5) is 0 Å². The summed E-state index contributed by atoms with van der Waals surface area (Å²) in [7, 11) is 0. The fraction of sp³-hybridized carbons (Fsp3) is 0.154. The van der Waals surface area contributed by atoms with Crippen LogP contribution in [0.5, 0.6) is 0 Å². The van der Waals surface area contributed by atoms with Gasteiger partial charge in [-0.2, -0.15) is 0 Å². The van der Waals surface area contributed by atoms with Crippen LogP contribution in [-0.2, 0) is 4.79 Å². The summed E-state index contributed by atoms with van der Waals surface area (Å²) >= 11 is 6.96. The first-order valence-corrected chi connectivity index (χ1v) is 6.67. The zero-order valence-corrected chi connectivity index (χ0v) is 12.0. The van der Waals surface area contributed by atoms with Gasteiger partial charge >= 0.3 is 5.97 Å². The van der Waals surface area contributed by atoms with Crippen LogP contribution in [0, 0.1) is 5.92 Å². The Morgan fingerprint density at radius 1 is 1.24 bits per heavy atom. The molecule has 17 heavy (non-hydrogen) atoms. The Labute approximate surface area is 116 Å². The predicted molar refractivity (Wildman–Crippen MR) is 75.3 cm³/mol. The summed E-state index contributed by atoms with van der Waals surface area (Å²) in [5, 5.41) is 9.20. The Morgan fingerprint density at radius 3 is 2.47 bits per heavy atom. The Balaban J connectivity index is 2.45. The first-order valence-electron chi connectivity index (χ1n) is 5.08. The number of allylic oxidation sites excluding steroid dienone is 3. The van der Waals surface area contributed by atoms with Crippen LogP contribution >= 0.6 is 31.9 Å². The van der Waals surface area contributed by atoms with Crippen LogP contribution in [0.2, 0.25) is 0 Å². The molecular formula is C13H10Br2O2. The van der Waals surface area contributed by atoms with E-state index in [0.717, 1.165) is 11.1 Å². The summed E-state index contributed by atoms with van der Waals surface area (Å²) in [5.41, 5.74) is 1.91. The minimum atomic E-state index is -0.864. The lowest BCUT2D eigenvalue weighted by Crippen LogP contribution is -2.32. The van der Waals surface area contributed by atoms with Crippen molar-refractivity contribution in [3.63, 3.8) is 0 Å². The number of halogens is 2. The Kier molecular flexibility index (Phi) is 3.54. The fourth-order valence-electron chi connectivity index (χ4n) is 1.81. The number of hydrogen-bond acceptors (Lipinski definition) is 1. The molecule has 0 saturated heterocycles. The molecular weight excluding hydrogens is 348 g/mol. The highest BCUT2D eigenvalue weighted by Crippen LogP contribution is 2.48. The normalized spacial score (nSPS) is 22.0. The molecule has 1 unspecified atom stereocenters. The van der Waals surface area contributed by atoms with Crippen molar-refractivity contribution in [3.05, 3.63) is 54.1 Å². The number of alkyl halides is 2. The van der Waals surface area contributed by atoms with E-state index in [1.54, 1.807) is 12.2 Å². The molecule has 2 nitrogen and oxygen atoms in total. The second-order valence-corrected chi connectivity index (χ2v) is 7.34. The molecule has 1 aliphatic rings. The highest BCUT2D eigenvalue weighted by atomic mass is 79.9. The molecule has 0 spiro atoms. The van der Waals surface area contributed by atoms with Crippen LogP contribution in [0.1, 0.15) is 5.56 Å². The molecule has 1 N–H and O–H groups in total. The van der Waals surface area contributed by atoms with Gasteiger partial charge in [-0.3, -0.25) is 4.79 Å². The monoisotopic (exact) mass is 356 g/mol. The lowest BCUT2D eigenvalue weighted by atomic mass is 9.90. The topological polar surface area (TPSA) is 37.3 Å². The van der Waals surface area contributed by atoms with Gasteiger partial charge < -0.3 is 5.11 Å². The van der Waals surface area contributed by atoms with Gasteiger partial charge in [0, 0.05) is 0 Å². The number of hydrogen-bond donors (Lipinski definition) is 1. The van der Waals surface area contributed by atoms with Gasteiger partial charge in [0.1, 0.15) is 9.15 Å². The van der Waals surface area contributed by atoms with Crippen LogP contribution in [-0.4, -0.2) is 14.3 Å². The van der Waals surface area contributed by atoms with E-state index in [2.05, 4.69) is 31.9 Å². The molecule has 0 saturated carbocycles. The van der Waals surface area contributed by atoms with Crippen molar-refractivity contribution in [2.75, 3.05) is 0 Å². The van der Waals surface area contributed by atoms with Gasteiger partial charge in [0.15, 0.2) is 0 Å². The third kappa shape index (κ3) is 2.38. The molecule has 0 amide bonds. The van der Waals surface area contributed by atoms with Crippen LogP contribution in [0.3, 0.4) is 0 Å². The Morgan fingerprint density at radius 2 is 1.88 bits per heavy atom. The average Bonchev–Trinajstić information content (AvgIpc) is 2.28. The molecule has 1 aliphatic carbocycles. The molecule has 88 valence electrons. The van der Waals surface area contributed by atoms with Crippen molar-refractivity contribution in [2.24, 2.45) is 5.92 Å².